The van der Waals surface area contributed by atoms with Crippen molar-refractivity contribution >= 4 is 17.3 Å². The highest BCUT2D eigenvalue weighted by molar-refractivity contribution is 5.77. The first kappa shape index (κ1) is 12.0. The molecule has 86 valence electrons. The summed E-state index contributed by atoms with van der Waals surface area (Å²) in [5, 5.41) is 14.6. The van der Waals surface area contributed by atoms with Gasteiger partial charge in [-0.15, -0.1) is 5.10 Å². The zero-order chi connectivity index (χ0) is 12.0. The van der Waals surface area contributed by atoms with Gasteiger partial charge in [0, 0.05) is 12.5 Å². The number of ether oxygens (including phenoxy) is 1. The average Bonchev–Trinajstić information content (AvgIpc) is 2.30. The summed E-state index contributed by atoms with van der Waals surface area (Å²) >= 11 is 0. The Hall–Kier alpha value is -2.11. The first-order valence-corrected chi connectivity index (χ1v) is 4.79. The molecule has 0 aliphatic heterocycles. The predicted octanol–water partition coefficient (Wildman–Crippen LogP) is 2.38. The molecule has 1 N–H and O–H groups in total. The Morgan fingerprint density at radius 3 is 2.81 bits per heavy atom. The molecular weight excluding hydrogens is 210 g/mol. The number of hydrogen-bond acceptors (Lipinski definition) is 5. The highest BCUT2D eigenvalue weighted by atomic mass is 16.6. The first-order valence-electron chi connectivity index (χ1n) is 4.79. The zero-order valence-corrected chi connectivity index (χ0v) is 9.14. The molecule has 1 rings (SSSR count). The monoisotopic (exact) mass is 223 g/mol. The quantitative estimate of drug-likeness (QED) is 0.368. The number of nitro groups is 1. The highest BCUT2D eigenvalue weighted by Crippen LogP contribution is 2.22. The summed E-state index contributed by atoms with van der Waals surface area (Å²) in [4.78, 5) is 10.2. The second kappa shape index (κ2) is 5.69. The number of nitro benzene ring substituents is 1. The molecule has 0 aromatic heterocycles. The van der Waals surface area contributed by atoms with Crippen molar-refractivity contribution in [1.82, 2.24) is 0 Å². The molecule has 0 fully saturated rings. The van der Waals surface area contributed by atoms with Crippen molar-refractivity contribution in [1.29, 1.82) is 0 Å². The van der Waals surface area contributed by atoms with Crippen LogP contribution in [0.25, 0.3) is 0 Å². The fourth-order valence-electron chi connectivity index (χ4n) is 1.12. The van der Waals surface area contributed by atoms with E-state index in [9.17, 15) is 10.1 Å². The maximum absolute atomic E-state index is 10.7. The van der Waals surface area contributed by atoms with Crippen LogP contribution in [0.3, 0.4) is 0 Å². The summed E-state index contributed by atoms with van der Waals surface area (Å²) in [6.45, 7) is 1.88. The summed E-state index contributed by atoms with van der Waals surface area (Å²) in [5.74, 6) is 0.484. The van der Waals surface area contributed by atoms with E-state index >= 15 is 0 Å². The van der Waals surface area contributed by atoms with Crippen molar-refractivity contribution in [2.45, 2.75) is 13.3 Å². The van der Waals surface area contributed by atoms with Gasteiger partial charge in [-0.05, 0) is 6.07 Å². The molecule has 0 bridgehead atoms. The van der Waals surface area contributed by atoms with Crippen LogP contribution in [0.4, 0.5) is 11.4 Å². The molecule has 0 radical (unpaired) electrons. The molecule has 1 aromatic carbocycles. The van der Waals surface area contributed by atoms with Crippen LogP contribution >= 0.6 is 0 Å². The standard InChI is InChI=1S/C10H13N3O3/c1-3-10(16-2)12-11-8-6-4-5-7-9(8)13(14)15/h4-7,11H,3H2,1-2H3. The lowest BCUT2D eigenvalue weighted by molar-refractivity contribution is -0.384. The number of rotatable bonds is 4. The highest BCUT2D eigenvalue weighted by Gasteiger charge is 2.11. The summed E-state index contributed by atoms with van der Waals surface area (Å²) in [7, 11) is 1.50. The number of nitrogens with one attached hydrogen (secondary N) is 1. The molecule has 0 amide bonds. The van der Waals surface area contributed by atoms with Crippen LogP contribution in [0.2, 0.25) is 0 Å². The Morgan fingerprint density at radius 1 is 1.56 bits per heavy atom. The van der Waals surface area contributed by atoms with Gasteiger partial charge in [0.1, 0.15) is 5.69 Å². The Balaban J connectivity index is 2.89. The molecule has 16 heavy (non-hydrogen) atoms. The van der Waals surface area contributed by atoms with Gasteiger partial charge in [-0.3, -0.25) is 15.5 Å². The van der Waals surface area contributed by atoms with E-state index in [0.29, 0.717) is 18.0 Å². The topological polar surface area (TPSA) is 76.8 Å². The van der Waals surface area contributed by atoms with E-state index < -0.39 is 4.92 Å². The van der Waals surface area contributed by atoms with Crippen molar-refractivity contribution in [2.24, 2.45) is 5.10 Å². The minimum absolute atomic E-state index is 0.0159. The van der Waals surface area contributed by atoms with Gasteiger partial charge in [-0.25, -0.2) is 0 Å². The van der Waals surface area contributed by atoms with Crippen LogP contribution in [0.15, 0.2) is 29.4 Å². The fourth-order valence-corrected chi connectivity index (χ4v) is 1.12. The van der Waals surface area contributed by atoms with Crippen LogP contribution in [-0.2, 0) is 4.74 Å². The van der Waals surface area contributed by atoms with Crippen molar-refractivity contribution in [3.05, 3.63) is 34.4 Å². The number of nitrogens with zero attached hydrogens (tertiary/aromatic N) is 2. The van der Waals surface area contributed by atoms with Crippen LogP contribution in [0.5, 0.6) is 0 Å². The summed E-state index contributed by atoms with van der Waals surface area (Å²) in [6, 6.07) is 6.30. The van der Waals surface area contributed by atoms with Crippen LogP contribution < -0.4 is 5.43 Å². The van der Waals surface area contributed by atoms with Gasteiger partial charge in [0.25, 0.3) is 5.69 Å². The Labute approximate surface area is 93.1 Å². The second-order valence-electron chi connectivity index (χ2n) is 2.95. The van der Waals surface area contributed by atoms with Crippen LogP contribution in [0.1, 0.15) is 13.3 Å². The first-order chi connectivity index (χ1) is 7.69. The van der Waals surface area contributed by atoms with E-state index in [1.165, 1.54) is 13.2 Å². The Kier molecular flexibility index (Phi) is 4.26. The van der Waals surface area contributed by atoms with E-state index in [4.69, 9.17) is 4.74 Å². The minimum Gasteiger partial charge on any atom is -0.483 e. The second-order valence-corrected chi connectivity index (χ2v) is 2.95. The van der Waals surface area contributed by atoms with E-state index in [2.05, 4.69) is 10.5 Å². The molecule has 0 aliphatic rings. The summed E-state index contributed by atoms with van der Waals surface area (Å²) in [6.07, 6.45) is 0.615. The van der Waals surface area contributed by atoms with E-state index in [-0.39, 0.29) is 5.69 Å². The normalized spacial score (nSPS) is 11.0. The molecule has 1 aromatic rings. The van der Waals surface area contributed by atoms with E-state index in [0.717, 1.165) is 0 Å². The average molecular weight is 223 g/mol. The lowest BCUT2D eigenvalue weighted by Gasteiger charge is -2.04. The third kappa shape index (κ3) is 2.94. The number of hydrogen-bond donors (Lipinski definition) is 1. The van der Waals surface area contributed by atoms with Gasteiger partial charge < -0.3 is 4.74 Å². The predicted molar refractivity (Wildman–Crippen MR) is 61.5 cm³/mol. The van der Waals surface area contributed by atoms with Gasteiger partial charge in [-0.2, -0.15) is 0 Å². The molecule has 0 aliphatic carbocycles. The lowest BCUT2D eigenvalue weighted by Crippen LogP contribution is -2.04. The van der Waals surface area contributed by atoms with Crippen molar-refractivity contribution in [3.63, 3.8) is 0 Å². The molecule has 0 spiro atoms. The largest absolute Gasteiger partial charge is 0.483 e. The molecule has 6 heteroatoms. The molecule has 6 nitrogen and oxygen atoms in total. The number of benzene rings is 1. The van der Waals surface area contributed by atoms with Gasteiger partial charge in [0.15, 0.2) is 0 Å². The van der Waals surface area contributed by atoms with Gasteiger partial charge in [-0.1, -0.05) is 19.1 Å². The zero-order valence-electron chi connectivity index (χ0n) is 9.14. The third-order valence-corrected chi connectivity index (χ3v) is 1.94. The maximum atomic E-state index is 10.7. The maximum Gasteiger partial charge on any atom is 0.294 e. The number of hydrazone groups is 1. The van der Waals surface area contributed by atoms with Crippen molar-refractivity contribution in [3.8, 4) is 0 Å². The number of para-hydroxylation sites is 2. The van der Waals surface area contributed by atoms with Gasteiger partial charge >= 0.3 is 0 Å². The summed E-state index contributed by atoms with van der Waals surface area (Å²) in [5.41, 5.74) is 2.94. The SMILES string of the molecule is CCC(=NNc1ccccc1[N+](=O)[O-])OC. The van der Waals surface area contributed by atoms with Crippen LogP contribution in [0, 0.1) is 10.1 Å². The number of methoxy groups -OCH3 is 1. The summed E-state index contributed by atoms with van der Waals surface area (Å²) < 4.78 is 4.94. The number of anilines is 1. The Morgan fingerprint density at radius 2 is 2.25 bits per heavy atom. The molecular formula is C10H13N3O3. The van der Waals surface area contributed by atoms with Crippen molar-refractivity contribution < 1.29 is 9.66 Å². The van der Waals surface area contributed by atoms with Crippen molar-refractivity contribution in [2.75, 3.05) is 12.5 Å². The smallest absolute Gasteiger partial charge is 0.294 e. The molecule has 0 heterocycles. The molecule has 0 unspecified atom stereocenters. The molecule has 0 saturated heterocycles. The van der Waals surface area contributed by atoms with Crippen LogP contribution in [-0.4, -0.2) is 17.9 Å². The lowest BCUT2D eigenvalue weighted by atomic mass is 10.3. The molecule has 0 saturated carbocycles. The third-order valence-electron chi connectivity index (χ3n) is 1.94. The van der Waals surface area contributed by atoms with Gasteiger partial charge in [0.05, 0.1) is 12.0 Å². The molecule has 0 atom stereocenters. The van der Waals surface area contributed by atoms with E-state index in [1.807, 2.05) is 6.92 Å². The minimum atomic E-state index is -0.462. The Bertz CT molecular complexity index is 398. The van der Waals surface area contributed by atoms with E-state index in [1.54, 1.807) is 18.2 Å². The fraction of sp³-hybridized carbons (Fsp3) is 0.300. The van der Waals surface area contributed by atoms with Gasteiger partial charge in [0.2, 0.25) is 5.90 Å².